The number of rotatable bonds is 4. The first-order valence-electron chi connectivity index (χ1n) is 6.46. The Hall–Kier alpha value is -2.01. The van der Waals surface area contributed by atoms with E-state index < -0.39 is 11.6 Å². The molecule has 108 valence electrons. The first kappa shape index (κ1) is 15.4. The van der Waals surface area contributed by atoms with Crippen LogP contribution in [0.25, 0.3) is 4.48 Å². The van der Waals surface area contributed by atoms with E-state index >= 15 is 0 Å². The SMILES string of the molecule is C/C=C\C(=C/CC)C(=O)c1coc2c1C(=O)C(=O)C=C2Br. The Morgan fingerprint density at radius 2 is 2.10 bits per heavy atom. The average molecular weight is 349 g/mol. The molecule has 0 N–H and O–H groups in total. The van der Waals surface area contributed by atoms with Crippen molar-refractivity contribution in [3.8, 4) is 0 Å². The predicted molar refractivity (Wildman–Crippen MR) is 82.5 cm³/mol. The summed E-state index contributed by atoms with van der Waals surface area (Å²) in [5.74, 6) is -1.50. The van der Waals surface area contributed by atoms with Gasteiger partial charge in [-0.15, -0.1) is 0 Å². The van der Waals surface area contributed by atoms with E-state index in [9.17, 15) is 14.4 Å². The molecule has 1 aliphatic carbocycles. The van der Waals surface area contributed by atoms with Gasteiger partial charge in [0.15, 0.2) is 11.5 Å². The highest BCUT2D eigenvalue weighted by Crippen LogP contribution is 2.34. The highest BCUT2D eigenvalue weighted by atomic mass is 79.9. The molecule has 0 saturated heterocycles. The molecule has 0 aliphatic heterocycles. The Morgan fingerprint density at radius 3 is 2.71 bits per heavy atom. The molecule has 1 aliphatic rings. The maximum atomic E-state index is 12.5. The standard InChI is InChI=1S/C16H13BrO4/c1-3-5-9(6-4-2)14(19)10-8-21-16-11(17)7-12(18)15(20)13(10)16/h3,5-8H,4H2,1-2H3/b5-3-,9-6+. The minimum atomic E-state index is -0.721. The lowest BCUT2D eigenvalue weighted by Crippen LogP contribution is -2.19. The van der Waals surface area contributed by atoms with Gasteiger partial charge in [-0.05, 0) is 29.3 Å². The molecule has 0 amide bonds. The third kappa shape index (κ3) is 2.74. The third-order valence-electron chi connectivity index (χ3n) is 2.99. The molecule has 0 aromatic carbocycles. The summed E-state index contributed by atoms with van der Waals surface area (Å²) in [6, 6.07) is 0. The molecule has 0 bridgehead atoms. The monoisotopic (exact) mass is 348 g/mol. The van der Waals surface area contributed by atoms with Crippen LogP contribution in [0, 0.1) is 0 Å². The topological polar surface area (TPSA) is 64.3 Å². The Bertz CT molecular complexity index is 717. The van der Waals surface area contributed by atoms with Gasteiger partial charge in [-0.3, -0.25) is 14.4 Å². The molecule has 2 rings (SSSR count). The van der Waals surface area contributed by atoms with E-state index in [0.717, 1.165) is 6.08 Å². The number of halogens is 1. The van der Waals surface area contributed by atoms with Crippen LogP contribution >= 0.6 is 15.9 Å². The van der Waals surface area contributed by atoms with Gasteiger partial charge in [-0.1, -0.05) is 25.2 Å². The van der Waals surface area contributed by atoms with Crippen molar-refractivity contribution < 1.29 is 18.8 Å². The summed E-state index contributed by atoms with van der Waals surface area (Å²) in [7, 11) is 0. The maximum absolute atomic E-state index is 12.5. The quantitative estimate of drug-likeness (QED) is 0.358. The van der Waals surface area contributed by atoms with Crippen LogP contribution in [0.5, 0.6) is 0 Å². The van der Waals surface area contributed by atoms with Gasteiger partial charge in [-0.25, -0.2) is 0 Å². The van der Waals surface area contributed by atoms with E-state index in [-0.39, 0.29) is 22.7 Å². The van der Waals surface area contributed by atoms with Gasteiger partial charge in [0.05, 0.1) is 15.6 Å². The number of carbonyl (C=O) groups is 3. The lowest BCUT2D eigenvalue weighted by Gasteiger charge is -2.07. The molecule has 0 spiro atoms. The first-order valence-corrected chi connectivity index (χ1v) is 7.25. The highest BCUT2D eigenvalue weighted by molar-refractivity contribution is 9.15. The van der Waals surface area contributed by atoms with E-state index in [1.165, 1.54) is 6.26 Å². The zero-order valence-electron chi connectivity index (χ0n) is 11.6. The average Bonchev–Trinajstić information content (AvgIpc) is 2.89. The molecule has 1 aromatic rings. The highest BCUT2D eigenvalue weighted by Gasteiger charge is 2.33. The summed E-state index contributed by atoms with van der Waals surface area (Å²) in [6.45, 7) is 3.71. The molecule has 0 atom stereocenters. The minimum absolute atomic E-state index is 0.0332. The summed E-state index contributed by atoms with van der Waals surface area (Å²) >= 11 is 3.17. The predicted octanol–water partition coefficient (Wildman–Crippen LogP) is 3.88. The molecule has 1 heterocycles. The normalized spacial score (nSPS) is 15.4. The summed E-state index contributed by atoms with van der Waals surface area (Å²) in [5, 5.41) is 0. The lowest BCUT2D eigenvalue weighted by molar-refractivity contribution is -0.111. The number of fused-ring (bicyclic) bond motifs is 1. The van der Waals surface area contributed by atoms with Crippen LogP contribution in [0.15, 0.2) is 40.6 Å². The largest absolute Gasteiger partial charge is 0.462 e. The fourth-order valence-electron chi connectivity index (χ4n) is 2.09. The van der Waals surface area contributed by atoms with Crippen molar-refractivity contribution in [3.05, 3.63) is 53.0 Å². The molecule has 0 saturated carbocycles. The summed E-state index contributed by atoms with van der Waals surface area (Å²) < 4.78 is 5.65. The van der Waals surface area contributed by atoms with Crippen molar-refractivity contribution in [2.45, 2.75) is 20.3 Å². The fourth-order valence-corrected chi connectivity index (χ4v) is 2.59. The number of hydrogen-bond acceptors (Lipinski definition) is 4. The number of Topliss-reactive ketones (excluding diaryl/α,β-unsaturated/α-hetero) is 2. The lowest BCUT2D eigenvalue weighted by atomic mass is 9.93. The number of furan rings is 1. The number of carbonyl (C=O) groups excluding carboxylic acids is 3. The number of ketones is 3. The van der Waals surface area contributed by atoms with Crippen LogP contribution in [0.2, 0.25) is 0 Å². The van der Waals surface area contributed by atoms with Crippen molar-refractivity contribution in [3.63, 3.8) is 0 Å². The molecular formula is C16H13BrO4. The molecule has 1 aromatic heterocycles. The van der Waals surface area contributed by atoms with Gasteiger partial charge < -0.3 is 4.42 Å². The Kier molecular flexibility index (Phi) is 4.53. The van der Waals surface area contributed by atoms with Gasteiger partial charge in [0.25, 0.3) is 0 Å². The van der Waals surface area contributed by atoms with Crippen LogP contribution in [-0.2, 0) is 4.79 Å². The van der Waals surface area contributed by atoms with E-state index in [1.807, 2.05) is 6.92 Å². The van der Waals surface area contributed by atoms with E-state index in [1.54, 1.807) is 25.2 Å². The maximum Gasteiger partial charge on any atom is 0.237 e. The second-order valence-corrected chi connectivity index (χ2v) is 5.29. The van der Waals surface area contributed by atoms with Gasteiger partial charge in [0.2, 0.25) is 11.6 Å². The molecule has 4 nitrogen and oxygen atoms in total. The summed E-state index contributed by atoms with van der Waals surface area (Å²) in [5.41, 5.74) is 0.617. The fraction of sp³-hybridized carbons (Fsp3) is 0.188. The molecule has 5 heteroatoms. The smallest absolute Gasteiger partial charge is 0.237 e. The van der Waals surface area contributed by atoms with Gasteiger partial charge in [0, 0.05) is 11.6 Å². The van der Waals surface area contributed by atoms with E-state index in [4.69, 9.17) is 4.42 Å². The third-order valence-corrected chi connectivity index (χ3v) is 3.58. The number of allylic oxidation sites excluding steroid dienone is 5. The van der Waals surface area contributed by atoms with Crippen LogP contribution in [0.3, 0.4) is 0 Å². The molecule has 0 radical (unpaired) electrons. The van der Waals surface area contributed by atoms with Crippen LogP contribution in [-0.4, -0.2) is 17.3 Å². The van der Waals surface area contributed by atoms with Gasteiger partial charge >= 0.3 is 0 Å². The van der Waals surface area contributed by atoms with Crippen molar-refractivity contribution in [1.29, 1.82) is 0 Å². The van der Waals surface area contributed by atoms with Gasteiger partial charge in [-0.2, -0.15) is 0 Å². The number of hydrogen-bond donors (Lipinski definition) is 0. The van der Waals surface area contributed by atoms with Crippen LogP contribution in [0.4, 0.5) is 0 Å². The Morgan fingerprint density at radius 1 is 1.38 bits per heavy atom. The summed E-state index contributed by atoms with van der Waals surface area (Å²) in [6.07, 6.45) is 8.24. The van der Waals surface area contributed by atoms with E-state index in [2.05, 4.69) is 15.9 Å². The van der Waals surface area contributed by atoms with Crippen molar-refractivity contribution in [2.24, 2.45) is 0 Å². The minimum Gasteiger partial charge on any atom is -0.462 e. The molecule has 21 heavy (non-hydrogen) atoms. The van der Waals surface area contributed by atoms with E-state index in [0.29, 0.717) is 16.5 Å². The zero-order chi connectivity index (χ0) is 15.6. The van der Waals surface area contributed by atoms with Gasteiger partial charge in [0.1, 0.15) is 6.26 Å². The van der Waals surface area contributed by atoms with Crippen LogP contribution in [0.1, 0.15) is 46.7 Å². The molecule has 0 unspecified atom stereocenters. The second-order valence-electron chi connectivity index (χ2n) is 4.44. The Labute approximate surface area is 130 Å². The Balaban J connectivity index is 2.56. The molecular weight excluding hydrogens is 336 g/mol. The van der Waals surface area contributed by atoms with Crippen molar-refractivity contribution in [1.82, 2.24) is 0 Å². The van der Waals surface area contributed by atoms with Crippen LogP contribution < -0.4 is 0 Å². The van der Waals surface area contributed by atoms with Crippen molar-refractivity contribution >= 4 is 37.8 Å². The second kappa shape index (κ2) is 6.18. The first-order chi connectivity index (χ1) is 10.0. The zero-order valence-corrected chi connectivity index (χ0v) is 13.2. The summed E-state index contributed by atoms with van der Waals surface area (Å²) in [4.78, 5) is 36.2. The molecule has 0 fully saturated rings. The van der Waals surface area contributed by atoms with Crippen molar-refractivity contribution in [2.75, 3.05) is 0 Å².